The van der Waals surface area contributed by atoms with Gasteiger partial charge in [0, 0.05) is 12.6 Å². The van der Waals surface area contributed by atoms with Gasteiger partial charge in [-0.15, -0.1) is 0 Å². The summed E-state index contributed by atoms with van der Waals surface area (Å²) in [7, 11) is 1.50. The van der Waals surface area contributed by atoms with Crippen molar-refractivity contribution in [2.75, 3.05) is 13.7 Å². The van der Waals surface area contributed by atoms with Gasteiger partial charge in [0.05, 0.1) is 19.2 Å². The lowest BCUT2D eigenvalue weighted by molar-refractivity contribution is 0.0891. The van der Waals surface area contributed by atoms with Crippen LogP contribution in [0.2, 0.25) is 0 Å². The van der Waals surface area contributed by atoms with E-state index in [-0.39, 0.29) is 11.9 Å². The summed E-state index contributed by atoms with van der Waals surface area (Å²) in [5.41, 5.74) is 1.18. The number of aromatic nitrogens is 3. The molecule has 24 heavy (non-hydrogen) atoms. The van der Waals surface area contributed by atoms with Crippen LogP contribution in [-0.4, -0.2) is 34.2 Å². The summed E-state index contributed by atoms with van der Waals surface area (Å²) in [5, 5.41) is 0. The van der Waals surface area contributed by atoms with Crippen LogP contribution in [0.4, 0.5) is 0 Å². The second kappa shape index (κ2) is 7.59. The zero-order chi connectivity index (χ0) is 16.8. The molecule has 0 saturated carbocycles. The van der Waals surface area contributed by atoms with Gasteiger partial charge in [0.2, 0.25) is 5.91 Å². The monoisotopic (exact) mass is 325 g/mol. The van der Waals surface area contributed by atoms with E-state index in [1.165, 1.54) is 11.7 Å². The topological polar surface area (TPSA) is 66.2 Å². The quantitative estimate of drug-likeness (QED) is 0.623. The molecule has 2 aromatic heterocycles. The van der Waals surface area contributed by atoms with Crippen LogP contribution in [-0.2, 0) is 0 Å². The number of fused-ring (bicyclic) bond motifs is 1. The molecule has 2 heterocycles. The smallest absolute Gasteiger partial charge is 0.305 e. The number of hydrogen-bond acceptors (Lipinski definition) is 5. The van der Waals surface area contributed by atoms with Crippen molar-refractivity contribution in [1.29, 1.82) is 0 Å². The Morgan fingerprint density at radius 3 is 2.75 bits per heavy atom. The summed E-state index contributed by atoms with van der Waals surface area (Å²) in [5.74, 6) is 0.791. The fourth-order valence-corrected chi connectivity index (χ4v) is 2.47. The maximum absolute atomic E-state index is 12.5. The van der Waals surface area contributed by atoms with Crippen molar-refractivity contribution in [2.45, 2.75) is 19.3 Å². The van der Waals surface area contributed by atoms with Crippen molar-refractivity contribution in [3.05, 3.63) is 48.7 Å². The van der Waals surface area contributed by atoms with E-state index in [2.05, 4.69) is 9.97 Å². The SMILES string of the molecule is COc1nc2ncccc2n1C(=O)CCCCOc1ccccc1. The minimum Gasteiger partial charge on any atom is -0.494 e. The van der Waals surface area contributed by atoms with Gasteiger partial charge in [0.15, 0.2) is 5.65 Å². The normalized spacial score (nSPS) is 10.7. The molecule has 3 rings (SSSR count). The number of rotatable bonds is 7. The third kappa shape index (κ3) is 3.53. The van der Waals surface area contributed by atoms with E-state index in [9.17, 15) is 4.79 Å². The lowest BCUT2D eigenvalue weighted by atomic mass is 10.2. The van der Waals surface area contributed by atoms with Crippen LogP contribution in [0.15, 0.2) is 48.7 Å². The first-order valence-electron chi connectivity index (χ1n) is 7.88. The average molecular weight is 325 g/mol. The zero-order valence-corrected chi connectivity index (χ0v) is 13.5. The van der Waals surface area contributed by atoms with Crippen LogP contribution >= 0.6 is 0 Å². The van der Waals surface area contributed by atoms with Crippen molar-refractivity contribution >= 4 is 17.1 Å². The Hall–Kier alpha value is -2.89. The highest BCUT2D eigenvalue weighted by molar-refractivity contribution is 5.90. The predicted octanol–water partition coefficient (Wildman–Crippen LogP) is 3.33. The molecule has 0 radical (unpaired) electrons. The highest BCUT2D eigenvalue weighted by Gasteiger charge is 2.17. The van der Waals surface area contributed by atoms with Gasteiger partial charge in [-0.2, -0.15) is 4.98 Å². The molecule has 0 N–H and O–H groups in total. The number of carbonyl (C=O) groups is 1. The molecule has 0 amide bonds. The van der Waals surface area contributed by atoms with E-state index >= 15 is 0 Å². The molecule has 1 aromatic carbocycles. The van der Waals surface area contributed by atoms with Gasteiger partial charge in [-0.3, -0.25) is 4.79 Å². The number of carbonyl (C=O) groups excluding carboxylic acids is 1. The Morgan fingerprint density at radius 1 is 1.12 bits per heavy atom. The number of hydrogen-bond donors (Lipinski definition) is 0. The number of benzene rings is 1. The molecule has 0 saturated heterocycles. The molecule has 0 aliphatic rings. The lowest BCUT2D eigenvalue weighted by Crippen LogP contribution is -2.12. The third-order valence-electron chi connectivity index (χ3n) is 3.63. The zero-order valence-electron chi connectivity index (χ0n) is 13.5. The number of imidazole rings is 1. The number of nitrogens with zero attached hydrogens (tertiary/aromatic N) is 3. The first kappa shape index (κ1) is 16.0. The van der Waals surface area contributed by atoms with Gasteiger partial charge in [0.25, 0.3) is 0 Å². The second-order valence-electron chi connectivity index (χ2n) is 5.29. The number of unbranched alkanes of at least 4 members (excludes halogenated alkanes) is 1. The molecule has 0 unspecified atom stereocenters. The van der Waals surface area contributed by atoms with Gasteiger partial charge < -0.3 is 9.47 Å². The average Bonchev–Trinajstić information content (AvgIpc) is 3.01. The van der Waals surface area contributed by atoms with Crippen LogP contribution in [0.1, 0.15) is 24.1 Å². The van der Waals surface area contributed by atoms with Crippen molar-refractivity contribution < 1.29 is 14.3 Å². The maximum Gasteiger partial charge on any atom is 0.305 e. The van der Waals surface area contributed by atoms with Crippen molar-refractivity contribution in [1.82, 2.24) is 14.5 Å². The van der Waals surface area contributed by atoms with Gasteiger partial charge in [-0.25, -0.2) is 9.55 Å². The van der Waals surface area contributed by atoms with E-state index in [0.29, 0.717) is 24.2 Å². The molecule has 6 heteroatoms. The Morgan fingerprint density at radius 2 is 1.96 bits per heavy atom. The molecule has 124 valence electrons. The first-order valence-corrected chi connectivity index (χ1v) is 7.88. The molecule has 0 aliphatic carbocycles. The van der Waals surface area contributed by atoms with Gasteiger partial charge in [-0.05, 0) is 37.1 Å². The van der Waals surface area contributed by atoms with E-state index in [1.807, 2.05) is 36.4 Å². The Bertz CT molecular complexity index is 815. The molecule has 0 fully saturated rings. The predicted molar refractivity (Wildman–Crippen MR) is 90.5 cm³/mol. The lowest BCUT2D eigenvalue weighted by Gasteiger charge is -2.07. The van der Waals surface area contributed by atoms with Crippen molar-refractivity contribution in [2.24, 2.45) is 0 Å². The van der Waals surface area contributed by atoms with E-state index in [0.717, 1.165) is 18.6 Å². The molecular weight excluding hydrogens is 306 g/mol. The summed E-state index contributed by atoms with van der Waals surface area (Å²) in [6.07, 6.45) is 3.57. The van der Waals surface area contributed by atoms with Crippen LogP contribution in [0.25, 0.3) is 11.2 Å². The van der Waals surface area contributed by atoms with Crippen LogP contribution in [0, 0.1) is 0 Å². The number of pyridine rings is 1. The highest BCUT2D eigenvalue weighted by atomic mass is 16.5. The molecule has 0 spiro atoms. The van der Waals surface area contributed by atoms with Crippen LogP contribution in [0.5, 0.6) is 11.8 Å². The summed E-state index contributed by atoms with van der Waals surface area (Å²) in [6.45, 7) is 0.584. The number of ether oxygens (including phenoxy) is 2. The highest BCUT2D eigenvalue weighted by Crippen LogP contribution is 2.20. The van der Waals surface area contributed by atoms with E-state index in [4.69, 9.17) is 9.47 Å². The van der Waals surface area contributed by atoms with E-state index < -0.39 is 0 Å². The fraction of sp³-hybridized carbons (Fsp3) is 0.278. The van der Waals surface area contributed by atoms with Gasteiger partial charge >= 0.3 is 6.01 Å². The van der Waals surface area contributed by atoms with Crippen LogP contribution in [0.3, 0.4) is 0 Å². The molecule has 0 aliphatic heterocycles. The Kier molecular flexibility index (Phi) is 5.05. The largest absolute Gasteiger partial charge is 0.494 e. The van der Waals surface area contributed by atoms with Gasteiger partial charge in [-0.1, -0.05) is 18.2 Å². The Labute approximate surface area is 140 Å². The summed E-state index contributed by atoms with van der Waals surface area (Å²) < 4.78 is 12.3. The van der Waals surface area contributed by atoms with Crippen molar-refractivity contribution in [3.63, 3.8) is 0 Å². The summed E-state index contributed by atoms with van der Waals surface area (Å²) >= 11 is 0. The standard InChI is InChI=1S/C18H19N3O3/c1-23-18-20-17-15(10-7-12-19-17)21(18)16(22)11-5-6-13-24-14-8-3-2-4-9-14/h2-4,7-10,12H,5-6,11,13H2,1H3. The van der Waals surface area contributed by atoms with Crippen LogP contribution < -0.4 is 9.47 Å². The summed E-state index contributed by atoms with van der Waals surface area (Å²) in [4.78, 5) is 20.9. The number of methoxy groups -OCH3 is 1. The molecule has 0 bridgehead atoms. The molecular formula is C18H19N3O3. The summed E-state index contributed by atoms with van der Waals surface area (Å²) in [6, 6.07) is 13.5. The number of para-hydroxylation sites is 1. The fourth-order valence-electron chi connectivity index (χ4n) is 2.47. The maximum atomic E-state index is 12.5. The third-order valence-corrected chi connectivity index (χ3v) is 3.63. The second-order valence-corrected chi connectivity index (χ2v) is 5.29. The first-order chi connectivity index (χ1) is 11.8. The minimum atomic E-state index is -0.0536. The van der Waals surface area contributed by atoms with E-state index in [1.54, 1.807) is 12.3 Å². The van der Waals surface area contributed by atoms with Gasteiger partial charge in [0.1, 0.15) is 5.75 Å². The molecule has 6 nitrogen and oxygen atoms in total. The minimum absolute atomic E-state index is 0.0536. The molecule has 3 aromatic rings. The molecule has 0 atom stereocenters. The Balaban J connectivity index is 1.55. The van der Waals surface area contributed by atoms with Crippen molar-refractivity contribution in [3.8, 4) is 11.8 Å².